The minimum atomic E-state index is -0.0183. The lowest BCUT2D eigenvalue weighted by molar-refractivity contribution is -0.149. The molecule has 0 aliphatic heterocycles. The fourth-order valence-corrected chi connectivity index (χ4v) is 3.99. The van der Waals surface area contributed by atoms with Crippen molar-refractivity contribution in [1.82, 2.24) is 0 Å². The largest absolute Gasteiger partial charge is 0.466 e. The van der Waals surface area contributed by atoms with Crippen LogP contribution in [-0.2, 0) is 19.1 Å². The molecule has 0 aliphatic rings. The molecule has 0 spiro atoms. The second kappa shape index (κ2) is 24.6. The van der Waals surface area contributed by atoms with E-state index < -0.39 is 0 Å². The Hall–Kier alpha value is -1.06. The van der Waals surface area contributed by atoms with Crippen LogP contribution >= 0.6 is 0 Å². The molecule has 0 amide bonds. The number of rotatable bonds is 24. The Morgan fingerprint density at radius 1 is 0.562 bits per heavy atom. The second-order valence-corrected chi connectivity index (χ2v) is 9.34. The van der Waals surface area contributed by atoms with E-state index in [1.165, 1.54) is 51.4 Å². The maximum absolute atomic E-state index is 12.1. The molecule has 0 aromatic carbocycles. The third kappa shape index (κ3) is 20.8. The summed E-state index contributed by atoms with van der Waals surface area (Å²) in [5.74, 6) is 0.0993. The molecule has 0 rings (SSSR count). The highest BCUT2D eigenvalue weighted by atomic mass is 16.5. The van der Waals surface area contributed by atoms with Gasteiger partial charge < -0.3 is 9.47 Å². The summed E-state index contributed by atoms with van der Waals surface area (Å²) in [5, 5.41) is 0. The van der Waals surface area contributed by atoms with Gasteiger partial charge in [-0.1, -0.05) is 111 Å². The molecular formula is C28H54O4. The normalized spacial score (nSPS) is 12.0. The van der Waals surface area contributed by atoms with Crippen LogP contribution in [0, 0.1) is 5.92 Å². The van der Waals surface area contributed by atoms with Gasteiger partial charge >= 0.3 is 11.9 Å². The summed E-state index contributed by atoms with van der Waals surface area (Å²) in [6.45, 7) is 7.60. The molecule has 0 saturated heterocycles. The Kier molecular flexibility index (Phi) is 23.8. The van der Waals surface area contributed by atoms with E-state index in [1.807, 2.05) is 0 Å². The van der Waals surface area contributed by atoms with Crippen molar-refractivity contribution in [2.24, 2.45) is 5.92 Å². The van der Waals surface area contributed by atoms with E-state index >= 15 is 0 Å². The van der Waals surface area contributed by atoms with Crippen molar-refractivity contribution in [2.45, 2.75) is 149 Å². The van der Waals surface area contributed by atoms with E-state index in [2.05, 4.69) is 20.8 Å². The van der Waals surface area contributed by atoms with Gasteiger partial charge in [0, 0.05) is 6.42 Å². The highest BCUT2D eigenvalue weighted by Crippen LogP contribution is 2.18. The zero-order chi connectivity index (χ0) is 23.7. The maximum atomic E-state index is 12.1. The van der Waals surface area contributed by atoms with Crippen LogP contribution in [0.3, 0.4) is 0 Å². The molecule has 0 radical (unpaired) electrons. The first-order valence-corrected chi connectivity index (χ1v) is 14.0. The Balaban J connectivity index is 3.39. The number of hydrogen-bond acceptors (Lipinski definition) is 4. The van der Waals surface area contributed by atoms with Crippen LogP contribution in [0.25, 0.3) is 0 Å². The lowest BCUT2D eigenvalue weighted by atomic mass is 9.97. The Morgan fingerprint density at radius 2 is 1.03 bits per heavy atom. The summed E-state index contributed by atoms with van der Waals surface area (Å²) in [6.07, 6.45) is 22.6. The first kappa shape index (κ1) is 30.9. The third-order valence-corrected chi connectivity index (χ3v) is 6.26. The molecule has 0 saturated carbocycles. The van der Waals surface area contributed by atoms with Gasteiger partial charge in [0.1, 0.15) is 0 Å². The van der Waals surface area contributed by atoms with E-state index in [4.69, 9.17) is 9.47 Å². The molecule has 1 unspecified atom stereocenters. The predicted molar refractivity (Wildman–Crippen MR) is 135 cm³/mol. The number of carbonyl (C=O) groups excluding carboxylic acids is 2. The van der Waals surface area contributed by atoms with Crippen molar-refractivity contribution in [3.8, 4) is 0 Å². The number of hydrogen-bond donors (Lipinski definition) is 0. The van der Waals surface area contributed by atoms with E-state index in [0.29, 0.717) is 19.6 Å². The molecular weight excluding hydrogens is 400 g/mol. The van der Waals surface area contributed by atoms with E-state index in [1.54, 1.807) is 0 Å². The monoisotopic (exact) mass is 454 g/mol. The average Bonchev–Trinajstić information content (AvgIpc) is 2.79. The number of carbonyl (C=O) groups is 2. The summed E-state index contributed by atoms with van der Waals surface area (Å²) >= 11 is 0. The Bertz CT molecular complexity index is 422. The van der Waals surface area contributed by atoms with Crippen LogP contribution in [0.2, 0.25) is 0 Å². The van der Waals surface area contributed by atoms with Gasteiger partial charge in [-0.05, 0) is 32.1 Å². The van der Waals surface area contributed by atoms with Crippen molar-refractivity contribution < 1.29 is 19.1 Å². The smallest absolute Gasteiger partial charge is 0.308 e. The lowest BCUT2D eigenvalue weighted by Crippen LogP contribution is -2.17. The standard InChI is InChI=1S/C28H54O4/c1-4-7-20-24-31-27(29)23-19-17-15-13-11-9-10-12-14-16-18-22-26(6-3)28(30)32-25-21-8-5-2/h26H,4-25H2,1-3H3. The van der Waals surface area contributed by atoms with Crippen LogP contribution in [0.15, 0.2) is 0 Å². The fourth-order valence-electron chi connectivity index (χ4n) is 3.99. The van der Waals surface area contributed by atoms with Crippen molar-refractivity contribution in [3.63, 3.8) is 0 Å². The van der Waals surface area contributed by atoms with Crippen molar-refractivity contribution in [3.05, 3.63) is 0 Å². The number of ether oxygens (including phenoxy) is 2. The van der Waals surface area contributed by atoms with Crippen LogP contribution in [0.5, 0.6) is 0 Å². The quantitative estimate of drug-likeness (QED) is 0.108. The van der Waals surface area contributed by atoms with Gasteiger partial charge in [-0.15, -0.1) is 0 Å². The molecule has 4 nitrogen and oxygen atoms in total. The van der Waals surface area contributed by atoms with Gasteiger partial charge in [0.15, 0.2) is 0 Å². The van der Waals surface area contributed by atoms with Crippen molar-refractivity contribution in [2.75, 3.05) is 13.2 Å². The summed E-state index contributed by atoms with van der Waals surface area (Å²) in [7, 11) is 0. The summed E-state index contributed by atoms with van der Waals surface area (Å²) in [5.41, 5.74) is 0. The third-order valence-electron chi connectivity index (χ3n) is 6.26. The first-order chi connectivity index (χ1) is 15.7. The van der Waals surface area contributed by atoms with E-state index in [9.17, 15) is 9.59 Å². The van der Waals surface area contributed by atoms with Crippen LogP contribution < -0.4 is 0 Å². The lowest BCUT2D eigenvalue weighted by Gasteiger charge is -2.14. The summed E-state index contributed by atoms with van der Waals surface area (Å²) in [4.78, 5) is 23.7. The molecule has 32 heavy (non-hydrogen) atoms. The van der Waals surface area contributed by atoms with Gasteiger partial charge in [-0.25, -0.2) is 0 Å². The molecule has 0 aromatic rings. The van der Waals surface area contributed by atoms with Gasteiger partial charge in [0.05, 0.1) is 19.1 Å². The number of esters is 2. The Morgan fingerprint density at radius 3 is 1.53 bits per heavy atom. The first-order valence-electron chi connectivity index (χ1n) is 14.0. The molecule has 0 bridgehead atoms. The summed E-state index contributed by atoms with van der Waals surface area (Å²) in [6, 6.07) is 0. The average molecular weight is 455 g/mol. The maximum Gasteiger partial charge on any atom is 0.308 e. The zero-order valence-corrected chi connectivity index (χ0v) is 21.8. The Labute approximate surface area is 199 Å². The predicted octanol–water partition coefficient (Wildman–Crippen LogP) is 8.55. The van der Waals surface area contributed by atoms with E-state index in [0.717, 1.165) is 70.6 Å². The zero-order valence-electron chi connectivity index (χ0n) is 21.8. The van der Waals surface area contributed by atoms with Gasteiger partial charge in [-0.3, -0.25) is 9.59 Å². The highest BCUT2D eigenvalue weighted by molar-refractivity contribution is 5.72. The molecule has 0 fully saturated rings. The molecule has 0 aliphatic carbocycles. The fraction of sp³-hybridized carbons (Fsp3) is 0.929. The molecule has 0 aromatic heterocycles. The minimum Gasteiger partial charge on any atom is -0.466 e. The SMILES string of the molecule is CCCCCOC(=O)CCCCCCCCCCCCCC(CC)C(=O)OCCCCC. The van der Waals surface area contributed by atoms with Crippen molar-refractivity contribution >= 4 is 11.9 Å². The number of unbranched alkanes of at least 4 members (excludes halogenated alkanes) is 14. The molecule has 4 heteroatoms. The topological polar surface area (TPSA) is 52.6 Å². The van der Waals surface area contributed by atoms with Crippen LogP contribution in [0.4, 0.5) is 0 Å². The van der Waals surface area contributed by atoms with Gasteiger partial charge in [0.2, 0.25) is 0 Å². The highest BCUT2D eigenvalue weighted by Gasteiger charge is 2.17. The van der Waals surface area contributed by atoms with Crippen molar-refractivity contribution in [1.29, 1.82) is 0 Å². The molecule has 0 heterocycles. The molecule has 190 valence electrons. The van der Waals surface area contributed by atoms with Crippen LogP contribution in [0.1, 0.15) is 149 Å². The molecule has 1 atom stereocenters. The molecule has 0 N–H and O–H groups in total. The van der Waals surface area contributed by atoms with Gasteiger partial charge in [0.25, 0.3) is 0 Å². The minimum absolute atomic E-state index is 0.0183. The van der Waals surface area contributed by atoms with Crippen LogP contribution in [-0.4, -0.2) is 25.2 Å². The second-order valence-electron chi connectivity index (χ2n) is 9.34. The van der Waals surface area contributed by atoms with Gasteiger partial charge in [-0.2, -0.15) is 0 Å². The summed E-state index contributed by atoms with van der Waals surface area (Å²) < 4.78 is 10.7. The van der Waals surface area contributed by atoms with E-state index in [-0.39, 0.29) is 17.9 Å².